The summed E-state index contributed by atoms with van der Waals surface area (Å²) in [5, 5.41) is 0. The van der Waals surface area contributed by atoms with E-state index in [4.69, 9.17) is 11.5 Å². The summed E-state index contributed by atoms with van der Waals surface area (Å²) in [4.78, 5) is 10.8. The molecule has 0 aliphatic carbocycles. The van der Waals surface area contributed by atoms with Crippen LogP contribution in [0, 0.1) is 12.2 Å². The first kappa shape index (κ1) is 9.67. The quantitative estimate of drug-likeness (QED) is 0.710. The van der Waals surface area contributed by atoms with Crippen LogP contribution in [0.3, 0.4) is 0 Å². The Balaban J connectivity index is 3.17. The molecule has 0 atom stereocenters. The van der Waals surface area contributed by atoms with Gasteiger partial charge in [-0.2, -0.15) is 0 Å². The van der Waals surface area contributed by atoms with Crippen molar-refractivity contribution in [2.45, 2.75) is 0 Å². The highest BCUT2D eigenvalue weighted by atomic mass is 19.1. The van der Waals surface area contributed by atoms with E-state index in [1.165, 1.54) is 12.1 Å². The predicted molar refractivity (Wildman–Crippen MR) is 47.4 cm³/mol. The van der Waals surface area contributed by atoms with Crippen molar-refractivity contribution in [3.05, 3.63) is 41.6 Å². The molecule has 69 valence electrons. The molecule has 0 saturated heterocycles. The molecule has 0 fully saturated rings. The number of carbonyl (C=O) groups is 1. The molecule has 0 saturated carbocycles. The van der Waals surface area contributed by atoms with Gasteiger partial charge in [-0.15, -0.1) is 0 Å². The van der Waals surface area contributed by atoms with E-state index in [-0.39, 0.29) is 12.1 Å². The molecule has 1 amide bonds. The first-order chi connectivity index (χ1) is 6.16. The van der Waals surface area contributed by atoms with Gasteiger partial charge in [0.05, 0.1) is 5.56 Å². The monoisotopic (exact) mass is 181 g/mol. The maximum absolute atomic E-state index is 13.1. The van der Waals surface area contributed by atoms with Gasteiger partial charge in [-0.3, -0.25) is 4.79 Å². The second kappa shape index (κ2) is 4.00. The minimum Gasteiger partial charge on any atom is -0.365 e. The number of rotatable bonds is 3. The van der Waals surface area contributed by atoms with E-state index in [0.717, 1.165) is 0 Å². The Hall–Kier alpha value is -1.42. The van der Waals surface area contributed by atoms with Crippen LogP contribution in [0.15, 0.2) is 18.2 Å². The van der Waals surface area contributed by atoms with Gasteiger partial charge in [0.2, 0.25) is 0 Å². The topological polar surface area (TPSA) is 69.1 Å². The number of halogens is 1. The molecule has 1 aromatic rings. The standard InChI is InChI=1S/C9H10FN2O/c10-7-3-1-2-6(4-5-11)8(7)9(12)13/h1-4H,5,11H2,(H2,12,13). The Morgan fingerprint density at radius 3 is 2.77 bits per heavy atom. The van der Waals surface area contributed by atoms with Gasteiger partial charge < -0.3 is 11.5 Å². The third kappa shape index (κ3) is 2.03. The van der Waals surface area contributed by atoms with Crippen molar-refractivity contribution in [1.82, 2.24) is 0 Å². The van der Waals surface area contributed by atoms with Crippen molar-refractivity contribution in [3.8, 4) is 0 Å². The number of benzene rings is 1. The molecule has 4 heteroatoms. The van der Waals surface area contributed by atoms with Gasteiger partial charge in [-0.1, -0.05) is 12.1 Å². The lowest BCUT2D eigenvalue weighted by Gasteiger charge is -2.05. The molecule has 0 spiro atoms. The zero-order valence-corrected chi connectivity index (χ0v) is 6.96. The molecular formula is C9H10FN2O. The Bertz CT molecular complexity index is 325. The molecule has 0 aliphatic rings. The molecule has 3 nitrogen and oxygen atoms in total. The average Bonchev–Trinajstić information content (AvgIpc) is 2.04. The second-order valence-electron chi connectivity index (χ2n) is 2.51. The summed E-state index contributed by atoms with van der Waals surface area (Å²) >= 11 is 0. The lowest BCUT2D eigenvalue weighted by Crippen LogP contribution is -2.16. The fraction of sp³-hybridized carbons (Fsp3) is 0.111. The SMILES string of the molecule is NC[CH]c1cccc(F)c1C(N)=O. The molecule has 13 heavy (non-hydrogen) atoms. The molecule has 1 radical (unpaired) electrons. The van der Waals surface area contributed by atoms with Crippen molar-refractivity contribution in [3.63, 3.8) is 0 Å². The molecule has 0 unspecified atom stereocenters. The molecule has 1 rings (SSSR count). The summed E-state index contributed by atoms with van der Waals surface area (Å²) < 4.78 is 13.1. The number of hydrogen-bond donors (Lipinski definition) is 2. The maximum Gasteiger partial charge on any atom is 0.251 e. The minimum absolute atomic E-state index is 0.104. The highest BCUT2D eigenvalue weighted by molar-refractivity contribution is 5.95. The fourth-order valence-electron chi connectivity index (χ4n) is 1.10. The van der Waals surface area contributed by atoms with Gasteiger partial charge in [0.15, 0.2) is 0 Å². The first-order valence-electron chi connectivity index (χ1n) is 3.78. The predicted octanol–water partition coefficient (Wildman–Crippen LogP) is 0.436. The van der Waals surface area contributed by atoms with Gasteiger partial charge in [-0.05, 0) is 18.2 Å². The van der Waals surface area contributed by atoms with Crippen LogP contribution in [0.25, 0.3) is 0 Å². The van der Waals surface area contributed by atoms with Crippen LogP contribution in [-0.2, 0) is 0 Å². The van der Waals surface area contributed by atoms with Crippen LogP contribution >= 0.6 is 0 Å². The largest absolute Gasteiger partial charge is 0.365 e. The van der Waals surface area contributed by atoms with E-state index < -0.39 is 11.7 Å². The van der Waals surface area contributed by atoms with Crippen LogP contribution in [-0.4, -0.2) is 12.5 Å². The fourth-order valence-corrected chi connectivity index (χ4v) is 1.10. The van der Waals surface area contributed by atoms with Crippen LogP contribution in [0.4, 0.5) is 4.39 Å². The van der Waals surface area contributed by atoms with Crippen LogP contribution in [0.2, 0.25) is 0 Å². The molecule has 0 aromatic heterocycles. The van der Waals surface area contributed by atoms with E-state index in [2.05, 4.69) is 0 Å². The maximum atomic E-state index is 13.1. The molecule has 0 heterocycles. The number of primary amides is 1. The number of carbonyl (C=O) groups excluding carboxylic acids is 1. The number of amides is 1. The van der Waals surface area contributed by atoms with E-state index in [1.807, 2.05) is 0 Å². The van der Waals surface area contributed by atoms with Crippen LogP contribution in [0.1, 0.15) is 15.9 Å². The summed E-state index contributed by atoms with van der Waals surface area (Å²) in [5.74, 6) is -1.40. The molecule has 1 aromatic carbocycles. The van der Waals surface area contributed by atoms with Crippen molar-refractivity contribution in [2.24, 2.45) is 11.5 Å². The van der Waals surface area contributed by atoms with Gasteiger partial charge in [0, 0.05) is 6.42 Å². The van der Waals surface area contributed by atoms with Crippen LogP contribution in [0.5, 0.6) is 0 Å². The zero-order chi connectivity index (χ0) is 9.84. The summed E-state index contributed by atoms with van der Waals surface area (Å²) in [6.07, 6.45) is 1.54. The Labute approximate surface area is 75.5 Å². The number of nitrogens with two attached hydrogens (primary N) is 2. The van der Waals surface area contributed by atoms with Gasteiger partial charge in [-0.25, -0.2) is 4.39 Å². The molecule has 4 N–H and O–H groups in total. The minimum atomic E-state index is -0.780. The lowest BCUT2D eigenvalue weighted by molar-refractivity contribution is 0.0996. The smallest absolute Gasteiger partial charge is 0.251 e. The van der Waals surface area contributed by atoms with Crippen molar-refractivity contribution in [1.29, 1.82) is 0 Å². The highest BCUT2D eigenvalue weighted by Gasteiger charge is 2.12. The normalized spacial score (nSPS) is 10.0. The molecule has 0 bridgehead atoms. The third-order valence-corrected chi connectivity index (χ3v) is 1.63. The van der Waals surface area contributed by atoms with Gasteiger partial charge in [0.25, 0.3) is 5.91 Å². The number of hydrogen-bond acceptors (Lipinski definition) is 2. The second-order valence-corrected chi connectivity index (χ2v) is 2.51. The van der Waals surface area contributed by atoms with Gasteiger partial charge >= 0.3 is 0 Å². The average molecular weight is 181 g/mol. The Morgan fingerprint density at radius 1 is 1.54 bits per heavy atom. The van der Waals surface area contributed by atoms with E-state index in [1.54, 1.807) is 12.5 Å². The van der Waals surface area contributed by atoms with Crippen molar-refractivity contribution < 1.29 is 9.18 Å². The van der Waals surface area contributed by atoms with Gasteiger partial charge in [0.1, 0.15) is 5.82 Å². The zero-order valence-electron chi connectivity index (χ0n) is 6.96. The van der Waals surface area contributed by atoms with E-state index >= 15 is 0 Å². The first-order valence-corrected chi connectivity index (χ1v) is 3.78. The summed E-state index contributed by atoms with van der Waals surface area (Å²) in [5.41, 5.74) is 10.6. The van der Waals surface area contributed by atoms with Crippen molar-refractivity contribution >= 4 is 5.91 Å². The van der Waals surface area contributed by atoms with E-state index in [9.17, 15) is 9.18 Å². The Kier molecular flexibility index (Phi) is 2.97. The van der Waals surface area contributed by atoms with Crippen LogP contribution < -0.4 is 11.5 Å². The summed E-state index contributed by atoms with van der Waals surface area (Å²) in [6.45, 7) is 0.240. The van der Waals surface area contributed by atoms with Crippen molar-refractivity contribution in [2.75, 3.05) is 6.54 Å². The summed E-state index contributed by atoms with van der Waals surface area (Å²) in [6, 6.07) is 4.28. The summed E-state index contributed by atoms with van der Waals surface area (Å²) in [7, 11) is 0. The highest BCUT2D eigenvalue weighted by Crippen LogP contribution is 2.13. The molecule has 0 aliphatic heterocycles. The molecular weight excluding hydrogens is 171 g/mol. The third-order valence-electron chi connectivity index (χ3n) is 1.63. The van der Waals surface area contributed by atoms with E-state index in [0.29, 0.717) is 5.56 Å². The Morgan fingerprint density at radius 2 is 2.23 bits per heavy atom. The lowest BCUT2D eigenvalue weighted by atomic mass is 10.0.